The zero-order chi connectivity index (χ0) is 14.3. The van der Waals surface area contributed by atoms with E-state index in [1.165, 1.54) is 12.8 Å². The quantitative estimate of drug-likeness (QED) is 0.894. The fourth-order valence-electron chi connectivity index (χ4n) is 3.43. The number of benzene rings is 1. The number of rotatable bonds is 3. The maximum absolute atomic E-state index is 12.6. The molecule has 0 aromatic heterocycles. The van der Waals surface area contributed by atoms with Crippen LogP contribution in [0.15, 0.2) is 23.1 Å². The summed E-state index contributed by atoms with van der Waals surface area (Å²) >= 11 is 0. The van der Waals surface area contributed by atoms with Crippen molar-refractivity contribution in [3.63, 3.8) is 0 Å². The first-order chi connectivity index (χ1) is 9.44. The lowest BCUT2D eigenvalue weighted by atomic mass is 10.0. The Morgan fingerprint density at radius 1 is 1.14 bits per heavy atom. The van der Waals surface area contributed by atoms with Gasteiger partial charge in [0.05, 0.1) is 4.90 Å². The average Bonchev–Trinajstić information content (AvgIpc) is 2.71. The number of hydrogen-bond acceptors (Lipinski definition) is 3. The molecule has 2 unspecified atom stereocenters. The third kappa shape index (κ3) is 3.59. The van der Waals surface area contributed by atoms with Crippen LogP contribution < -0.4 is 10.0 Å². The van der Waals surface area contributed by atoms with Crippen molar-refractivity contribution < 1.29 is 8.42 Å². The van der Waals surface area contributed by atoms with Crippen molar-refractivity contribution in [3.8, 4) is 0 Å². The second-order valence-corrected chi connectivity index (χ2v) is 7.88. The van der Waals surface area contributed by atoms with Crippen molar-refractivity contribution in [1.29, 1.82) is 0 Å². The molecule has 21 heavy (non-hydrogen) atoms. The highest BCUT2D eigenvalue weighted by atomic mass is 35.5. The second kappa shape index (κ2) is 6.24. The predicted octanol–water partition coefficient (Wildman–Crippen LogP) is 2.29. The van der Waals surface area contributed by atoms with Crippen LogP contribution in [0, 0.1) is 13.8 Å². The van der Waals surface area contributed by atoms with Crippen LogP contribution in [0.1, 0.15) is 36.8 Å². The molecule has 4 nitrogen and oxygen atoms in total. The van der Waals surface area contributed by atoms with E-state index in [4.69, 9.17) is 0 Å². The van der Waals surface area contributed by atoms with Gasteiger partial charge in [-0.15, -0.1) is 12.4 Å². The minimum absolute atomic E-state index is 0. The Morgan fingerprint density at radius 2 is 1.76 bits per heavy atom. The number of fused-ring (bicyclic) bond motifs is 2. The van der Waals surface area contributed by atoms with Crippen molar-refractivity contribution >= 4 is 22.4 Å². The fraction of sp³-hybridized carbons (Fsp3) is 0.600. The number of sulfonamides is 1. The molecular formula is C15H23ClN2O2S. The average molecular weight is 331 g/mol. The van der Waals surface area contributed by atoms with Crippen LogP contribution in [0.4, 0.5) is 0 Å². The first-order valence-corrected chi connectivity index (χ1v) is 8.78. The summed E-state index contributed by atoms with van der Waals surface area (Å²) < 4.78 is 28.1. The number of piperidine rings is 1. The fourth-order valence-corrected chi connectivity index (χ4v) is 5.02. The van der Waals surface area contributed by atoms with E-state index in [-0.39, 0.29) is 18.4 Å². The highest BCUT2D eigenvalue weighted by Crippen LogP contribution is 2.28. The number of nitrogens with one attached hydrogen (secondary N) is 2. The van der Waals surface area contributed by atoms with Crippen LogP contribution in [0.2, 0.25) is 0 Å². The number of halogens is 1. The van der Waals surface area contributed by atoms with Gasteiger partial charge < -0.3 is 5.32 Å². The Balaban J connectivity index is 0.00000161. The molecule has 3 rings (SSSR count). The van der Waals surface area contributed by atoms with Crippen molar-refractivity contribution in [1.82, 2.24) is 10.0 Å². The van der Waals surface area contributed by atoms with Gasteiger partial charge in [0.2, 0.25) is 10.0 Å². The van der Waals surface area contributed by atoms with Crippen LogP contribution in [-0.4, -0.2) is 26.5 Å². The Labute approximate surface area is 133 Å². The van der Waals surface area contributed by atoms with Gasteiger partial charge in [0.15, 0.2) is 0 Å². The molecule has 118 valence electrons. The van der Waals surface area contributed by atoms with E-state index in [1.807, 2.05) is 26.0 Å². The predicted molar refractivity (Wildman–Crippen MR) is 86.5 cm³/mol. The standard InChI is InChI=1S/C15H22N2O2S.ClH/c1-10-3-4-11(2)15(7-10)20(18,19)17-14-8-12-5-6-13(9-14)16-12;/h3-4,7,12-14,16-17H,5-6,8-9H2,1-2H3;1H. The third-order valence-electron chi connectivity index (χ3n) is 4.43. The lowest BCUT2D eigenvalue weighted by Gasteiger charge is -2.29. The summed E-state index contributed by atoms with van der Waals surface area (Å²) in [4.78, 5) is 0.420. The van der Waals surface area contributed by atoms with Crippen molar-refractivity contribution in [2.75, 3.05) is 0 Å². The number of aryl methyl sites for hydroxylation is 2. The first-order valence-electron chi connectivity index (χ1n) is 7.30. The minimum atomic E-state index is -3.41. The van der Waals surface area contributed by atoms with E-state index in [9.17, 15) is 8.42 Å². The SMILES string of the molecule is Cc1ccc(C)c(S(=O)(=O)NC2CC3CCC(C2)N3)c1.Cl. The van der Waals surface area contributed by atoms with Gasteiger partial charge in [-0.1, -0.05) is 12.1 Å². The zero-order valence-corrected chi connectivity index (χ0v) is 14.1. The van der Waals surface area contributed by atoms with Gasteiger partial charge in [-0.05, 0) is 56.7 Å². The monoisotopic (exact) mass is 330 g/mol. The maximum Gasteiger partial charge on any atom is 0.241 e. The van der Waals surface area contributed by atoms with E-state index in [1.54, 1.807) is 6.07 Å². The molecule has 2 heterocycles. The molecule has 0 amide bonds. The smallest absolute Gasteiger partial charge is 0.241 e. The Morgan fingerprint density at radius 3 is 2.38 bits per heavy atom. The van der Waals surface area contributed by atoms with Crippen molar-refractivity contribution in [2.24, 2.45) is 0 Å². The Bertz CT molecular complexity index is 606. The van der Waals surface area contributed by atoms with Gasteiger partial charge >= 0.3 is 0 Å². The molecular weight excluding hydrogens is 308 g/mol. The minimum Gasteiger partial charge on any atom is -0.311 e. The molecule has 1 aromatic rings. The third-order valence-corrected chi connectivity index (χ3v) is 6.09. The summed E-state index contributed by atoms with van der Waals surface area (Å²) in [5.41, 5.74) is 1.78. The van der Waals surface area contributed by atoms with E-state index < -0.39 is 10.0 Å². The first kappa shape index (κ1) is 16.7. The van der Waals surface area contributed by atoms with E-state index in [0.717, 1.165) is 24.0 Å². The topological polar surface area (TPSA) is 58.2 Å². The lowest BCUT2D eigenvalue weighted by Crippen LogP contribution is -2.48. The molecule has 0 saturated carbocycles. The highest BCUT2D eigenvalue weighted by Gasteiger charge is 2.35. The zero-order valence-electron chi connectivity index (χ0n) is 12.4. The summed E-state index contributed by atoms with van der Waals surface area (Å²) in [6.45, 7) is 3.77. The molecule has 6 heteroatoms. The van der Waals surface area contributed by atoms with E-state index >= 15 is 0 Å². The van der Waals surface area contributed by atoms with Gasteiger partial charge in [0.1, 0.15) is 0 Å². The molecule has 2 bridgehead atoms. The second-order valence-electron chi connectivity index (χ2n) is 6.20. The van der Waals surface area contributed by atoms with E-state index in [0.29, 0.717) is 17.0 Å². The van der Waals surface area contributed by atoms with Crippen LogP contribution in [0.3, 0.4) is 0 Å². The summed E-state index contributed by atoms with van der Waals surface area (Å²) in [5, 5.41) is 3.53. The molecule has 2 fully saturated rings. The Hall–Kier alpha value is -0.620. The van der Waals surface area contributed by atoms with Crippen molar-refractivity contribution in [2.45, 2.75) is 62.6 Å². The van der Waals surface area contributed by atoms with Crippen LogP contribution >= 0.6 is 12.4 Å². The van der Waals surface area contributed by atoms with Gasteiger partial charge in [-0.2, -0.15) is 0 Å². The normalized spacial score (nSPS) is 28.2. The van der Waals surface area contributed by atoms with E-state index in [2.05, 4.69) is 10.0 Å². The molecule has 0 spiro atoms. The highest BCUT2D eigenvalue weighted by molar-refractivity contribution is 7.89. The van der Waals surface area contributed by atoms with Gasteiger partial charge in [-0.25, -0.2) is 13.1 Å². The summed E-state index contributed by atoms with van der Waals surface area (Å²) in [6, 6.07) is 6.61. The summed E-state index contributed by atoms with van der Waals surface area (Å²) in [7, 11) is -3.41. The summed E-state index contributed by atoms with van der Waals surface area (Å²) in [6.07, 6.45) is 4.15. The van der Waals surface area contributed by atoms with Gasteiger partial charge in [-0.3, -0.25) is 0 Å². The largest absolute Gasteiger partial charge is 0.311 e. The lowest BCUT2D eigenvalue weighted by molar-refractivity contribution is 0.345. The number of hydrogen-bond donors (Lipinski definition) is 2. The van der Waals surface area contributed by atoms with Gasteiger partial charge in [0.25, 0.3) is 0 Å². The van der Waals surface area contributed by atoms with Crippen LogP contribution in [0.25, 0.3) is 0 Å². The molecule has 2 N–H and O–H groups in total. The van der Waals surface area contributed by atoms with Crippen molar-refractivity contribution in [3.05, 3.63) is 29.3 Å². The molecule has 0 radical (unpaired) electrons. The molecule has 2 aliphatic rings. The molecule has 0 aliphatic carbocycles. The Kier molecular flexibility index (Phi) is 4.98. The maximum atomic E-state index is 12.6. The molecule has 2 aliphatic heterocycles. The molecule has 2 atom stereocenters. The van der Waals surface area contributed by atoms with Gasteiger partial charge in [0, 0.05) is 18.1 Å². The molecule has 2 saturated heterocycles. The summed E-state index contributed by atoms with van der Waals surface area (Å²) in [5.74, 6) is 0. The molecule has 1 aromatic carbocycles. The van der Waals surface area contributed by atoms with Crippen LogP contribution in [0.5, 0.6) is 0 Å². The van der Waals surface area contributed by atoms with Crippen LogP contribution in [-0.2, 0) is 10.0 Å².